The van der Waals surface area contributed by atoms with Crippen LogP contribution in [-0.2, 0) is 11.0 Å². The molecule has 0 saturated carbocycles. The van der Waals surface area contributed by atoms with Crippen molar-refractivity contribution in [2.24, 2.45) is 0 Å². The van der Waals surface area contributed by atoms with Gasteiger partial charge in [-0.1, -0.05) is 29.8 Å². The van der Waals surface area contributed by atoms with Crippen LogP contribution >= 0.6 is 0 Å². The maximum Gasteiger partial charge on any atom is 0.271 e. The Morgan fingerprint density at radius 3 is 2.33 bits per heavy atom. The minimum Gasteiger partial charge on any atom is -0.268 e. The molecule has 0 aliphatic carbocycles. The van der Waals surface area contributed by atoms with Crippen molar-refractivity contribution in [2.75, 3.05) is 4.31 Å². The number of hydrogen-bond acceptors (Lipinski definition) is 2. The standard InChI is InChI=1S/C14H11NO2S/c1-10-6-8-11(9-7-10)15-14(16)12-4-2-3-5-13(12)18(15)17/h2-9H,1H3. The molecule has 0 spiro atoms. The van der Waals surface area contributed by atoms with Crippen molar-refractivity contribution in [3.05, 3.63) is 59.7 Å². The number of carbonyl (C=O) groups is 1. The van der Waals surface area contributed by atoms with Gasteiger partial charge in [0.1, 0.15) is 0 Å². The molecule has 0 fully saturated rings. The average Bonchev–Trinajstić information content (AvgIpc) is 2.64. The van der Waals surface area contributed by atoms with Crippen molar-refractivity contribution in [3.8, 4) is 0 Å². The molecule has 1 heterocycles. The van der Waals surface area contributed by atoms with Gasteiger partial charge in [0.25, 0.3) is 5.91 Å². The minimum absolute atomic E-state index is 0.201. The maximum atomic E-state index is 12.3. The summed E-state index contributed by atoms with van der Waals surface area (Å²) in [4.78, 5) is 12.8. The molecule has 1 aliphatic heterocycles. The van der Waals surface area contributed by atoms with Gasteiger partial charge in [0.2, 0.25) is 0 Å². The molecule has 1 unspecified atom stereocenters. The van der Waals surface area contributed by atoms with Crippen LogP contribution in [0, 0.1) is 6.92 Å². The topological polar surface area (TPSA) is 37.4 Å². The number of carbonyl (C=O) groups excluding carboxylic acids is 1. The van der Waals surface area contributed by atoms with Crippen LogP contribution in [0.4, 0.5) is 5.69 Å². The average molecular weight is 257 g/mol. The van der Waals surface area contributed by atoms with E-state index in [0.717, 1.165) is 5.56 Å². The lowest BCUT2D eigenvalue weighted by Gasteiger charge is -2.13. The second kappa shape index (κ2) is 4.07. The minimum atomic E-state index is -1.44. The normalized spacial score (nSPS) is 17.9. The van der Waals surface area contributed by atoms with Gasteiger partial charge in [-0.05, 0) is 31.2 Å². The van der Waals surface area contributed by atoms with E-state index in [0.29, 0.717) is 16.1 Å². The van der Waals surface area contributed by atoms with E-state index >= 15 is 0 Å². The number of rotatable bonds is 1. The van der Waals surface area contributed by atoms with E-state index in [1.54, 1.807) is 24.3 Å². The number of anilines is 1. The molecule has 4 heteroatoms. The van der Waals surface area contributed by atoms with Gasteiger partial charge in [-0.2, -0.15) is 0 Å². The van der Waals surface area contributed by atoms with Crippen LogP contribution in [0.2, 0.25) is 0 Å². The van der Waals surface area contributed by atoms with Gasteiger partial charge in [-0.25, -0.2) is 8.51 Å². The summed E-state index contributed by atoms with van der Waals surface area (Å²) in [6.07, 6.45) is 0. The van der Waals surface area contributed by atoms with Crippen LogP contribution in [-0.4, -0.2) is 10.1 Å². The van der Waals surface area contributed by atoms with E-state index in [-0.39, 0.29) is 5.91 Å². The van der Waals surface area contributed by atoms with E-state index in [4.69, 9.17) is 0 Å². The molecule has 2 aromatic carbocycles. The number of benzene rings is 2. The van der Waals surface area contributed by atoms with Gasteiger partial charge >= 0.3 is 0 Å². The Labute approximate surface area is 108 Å². The van der Waals surface area contributed by atoms with Gasteiger partial charge in [-0.3, -0.25) is 4.79 Å². The van der Waals surface area contributed by atoms with Crippen molar-refractivity contribution < 1.29 is 9.00 Å². The van der Waals surface area contributed by atoms with E-state index in [1.807, 2.05) is 31.2 Å². The molecular formula is C14H11NO2S. The van der Waals surface area contributed by atoms with Gasteiger partial charge in [-0.15, -0.1) is 0 Å². The predicted octanol–water partition coefficient (Wildman–Crippen LogP) is 2.68. The maximum absolute atomic E-state index is 12.3. The predicted molar refractivity (Wildman–Crippen MR) is 70.8 cm³/mol. The van der Waals surface area contributed by atoms with Crippen LogP contribution in [0.5, 0.6) is 0 Å². The van der Waals surface area contributed by atoms with E-state index in [9.17, 15) is 9.00 Å². The van der Waals surface area contributed by atoms with E-state index in [2.05, 4.69) is 0 Å². The van der Waals surface area contributed by atoms with Crippen LogP contribution in [0.15, 0.2) is 53.4 Å². The number of fused-ring (bicyclic) bond motifs is 1. The van der Waals surface area contributed by atoms with Crippen LogP contribution in [0.3, 0.4) is 0 Å². The van der Waals surface area contributed by atoms with Crippen LogP contribution in [0.25, 0.3) is 0 Å². The van der Waals surface area contributed by atoms with E-state index < -0.39 is 11.0 Å². The van der Waals surface area contributed by atoms with E-state index in [1.165, 1.54) is 4.31 Å². The molecule has 0 bridgehead atoms. The van der Waals surface area contributed by atoms with Crippen LogP contribution < -0.4 is 4.31 Å². The Balaban J connectivity index is 2.09. The Morgan fingerprint density at radius 2 is 1.67 bits per heavy atom. The highest BCUT2D eigenvalue weighted by atomic mass is 32.2. The molecule has 1 amide bonds. The quantitative estimate of drug-likeness (QED) is 0.787. The zero-order valence-electron chi connectivity index (χ0n) is 9.79. The van der Waals surface area contributed by atoms with Gasteiger partial charge in [0.15, 0.2) is 11.0 Å². The lowest BCUT2D eigenvalue weighted by atomic mass is 10.2. The lowest BCUT2D eigenvalue weighted by molar-refractivity contribution is 0.101. The summed E-state index contributed by atoms with van der Waals surface area (Å²) in [5.74, 6) is -0.201. The number of amides is 1. The highest BCUT2D eigenvalue weighted by Crippen LogP contribution is 2.31. The fraction of sp³-hybridized carbons (Fsp3) is 0.0714. The largest absolute Gasteiger partial charge is 0.271 e. The highest BCUT2D eigenvalue weighted by Gasteiger charge is 2.35. The summed E-state index contributed by atoms with van der Waals surface area (Å²) in [5, 5.41) is 0. The van der Waals surface area contributed by atoms with Crippen molar-refractivity contribution in [2.45, 2.75) is 11.8 Å². The zero-order valence-corrected chi connectivity index (χ0v) is 10.6. The second-order valence-corrected chi connectivity index (χ2v) is 5.48. The lowest BCUT2D eigenvalue weighted by Crippen LogP contribution is -2.25. The fourth-order valence-electron chi connectivity index (χ4n) is 1.97. The molecule has 0 saturated heterocycles. The van der Waals surface area contributed by atoms with Gasteiger partial charge < -0.3 is 0 Å². The molecule has 0 radical (unpaired) electrons. The molecule has 0 N–H and O–H groups in total. The molecule has 3 rings (SSSR count). The molecule has 90 valence electrons. The number of hydrogen-bond donors (Lipinski definition) is 0. The summed E-state index contributed by atoms with van der Waals surface area (Å²) in [5.41, 5.74) is 2.30. The van der Waals surface area contributed by atoms with Crippen molar-refractivity contribution in [1.82, 2.24) is 0 Å². The Morgan fingerprint density at radius 1 is 1.00 bits per heavy atom. The zero-order chi connectivity index (χ0) is 12.7. The van der Waals surface area contributed by atoms with Crippen LogP contribution in [0.1, 0.15) is 15.9 Å². The molecule has 1 atom stereocenters. The first-order valence-corrected chi connectivity index (χ1v) is 6.71. The second-order valence-electron chi connectivity index (χ2n) is 4.18. The third-order valence-electron chi connectivity index (χ3n) is 2.92. The molecule has 3 nitrogen and oxygen atoms in total. The molecule has 18 heavy (non-hydrogen) atoms. The summed E-state index contributed by atoms with van der Waals surface area (Å²) >= 11 is 0. The van der Waals surface area contributed by atoms with Crippen molar-refractivity contribution in [1.29, 1.82) is 0 Å². The Kier molecular flexibility index (Phi) is 2.52. The Hall–Kier alpha value is -1.94. The van der Waals surface area contributed by atoms with Gasteiger partial charge in [0.05, 0.1) is 16.1 Å². The monoisotopic (exact) mass is 257 g/mol. The Bertz CT molecular complexity index is 614. The molecule has 2 aromatic rings. The van der Waals surface area contributed by atoms with Gasteiger partial charge in [0, 0.05) is 0 Å². The highest BCUT2D eigenvalue weighted by molar-refractivity contribution is 7.88. The summed E-state index contributed by atoms with van der Waals surface area (Å²) in [6, 6.07) is 14.5. The molecular weight excluding hydrogens is 246 g/mol. The van der Waals surface area contributed by atoms with Crippen molar-refractivity contribution >= 4 is 22.6 Å². The first kappa shape index (κ1) is 11.2. The fourth-order valence-corrected chi connectivity index (χ4v) is 3.27. The summed E-state index contributed by atoms with van der Waals surface area (Å²) < 4.78 is 13.6. The molecule has 1 aliphatic rings. The third-order valence-corrected chi connectivity index (χ3v) is 4.36. The SMILES string of the molecule is Cc1ccc(N2C(=O)c3ccccc3S2=O)cc1. The third kappa shape index (κ3) is 1.57. The first-order valence-electron chi connectivity index (χ1n) is 5.60. The summed E-state index contributed by atoms with van der Waals surface area (Å²) in [7, 11) is -1.44. The number of aryl methyl sites for hydroxylation is 1. The number of nitrogens with zero attached hydrogens (tertiary/aromatic N) is 1. The summed E-state index contributed by atoms with van der Waals surface area (Å²) in [6.45, 7) is 1.97. The van der Waals surface area contributed by atoms with Crippen molar-refractivity contribution in [3.63, 3.8) is 0 Å². The smallest absolute Gasteiger partial charge is 0.268 e. The first-order chi connectivity index (χ1) is 8.68. The molecule has 0 aromatic heterocycles.